The number of imidazole rings is 1. The van der Waals surface area contributed by atoms with Gasteiger partial charge in [0.15, 0.2) is 8.32 Å². The summed E-state index contributed by atoms with van der Waals surface area (Å²) in [6, 6.07) is 0. The van der Waals surface area contributed by atoms with Crippen LogP contribution >= 0.6 is 15.9 Å². The van der Waals surface area contributed by atoms with Gasteiger partial charge in [-0.25, -0.2) is 9.59 Å². The molecule has 0 aromatic carbocycles. The van der Waals surface area contributed by atoms with Gasteiger partial charge in [0.1, 0.15) is 10.2 Å². The van der Waals surface area contributed by atoms with Crippen molar-refractivity contribution >= 4 is 36.4 Å². The fraction of sp³-hybridized carbons (Fsp3) is 0.737. The summed E-state index contributed by atoms with van der Waals surface area (Å²) in [4.78, 5) is 27.4. The highest BCUT2D eigenvalue weighted by Crippen LogP contribution is 2.37. The molecule has 0 aliphatic rings. The first-order valence-corrected chi connectivity index (χ1v) is 13.5. The van der Waals surface area contributed by atoms with Gasteiger partial charge in [-0.15, -0.1) is 4.99 Å². The maximum Gasteiger partial charge on any atom is 0.437 e. The Balaban J connectivity index is 3.28. The Kier molecular flexibility index (Phi) is 8.54. The second kappa shape index (κ2) is 9.69. The number of rotatable bonds is 6. The van der Waals surface area contributed by atoms with Crippen molar-refractivity contribution in [2.24, 2.45) is 12.0 Å². The Bertz CT molecular complexity index is 833. The molecule has 0 aliphatic carbocycles. The van der Waals surface area contributed by atoms with Crippen molar-refractivity contribution in [3.63, 3.8) is 0 Å². The van der Waals surface area contributed by atoms with E-state index in [9.17, 15) is 9.59 Å². The third kappa shape index (κ3) is 7.92. The van der Waals surface area contributed by atoms with Gasteiger partial charge in [0, 0.05) is 19.8 Å². The maximum atomic E-state index is 12.3. The van der Waals surface area contributed by atoms with Gasteiger partial charge in [0.2, 0.25) is 5.62 Å². The maximum absolute atomic E-state index is 12.3. The van der Waals surface area contributed by atoms with Crippen LogP contribution in [0.3, 0.4) is 0 Å². The van der Waals surface area contributed by atoms with Crippen LogP contribution in [0.1, 0.15) is 41.5 Å². The Hall–Kier alpha value is -1.59. The lowest BCUT2D eigenvalue weighted by Gasteiger charge is -2.39. The minimum absolute atomic E-state index is 0.0415. The number of amides is 2. The number of ether oxygens (including phenoxy) is 1. The minimum Gasteiger partial charge on any atom is -0.465 e. The van der Waals surface area contributed by atoms with Crippen molar-refractivity contribution in [3.05, 3.63) is 16.4 Å². The van der Waals surface area contributed by atoms with Crippen LogP contribution in [0.25, 0.3) is 0 Å². The van der Waals surface area contributed by atoms with E-state index in [1.54, 1.807) is 43.1 Å². The number of carbonyl (C=O) groups excluding carboxylic acids is 1. The summed E-state index contributed by atoms with van der Waals surface area (Å²) >= 11 is 3.45. The lowest BCUT2D eigenvalue weighted by molar-refractivity contribution is 0.0592. The molecule has 1 rings (SSSR count). The fourth-order valence-corrected chi connectivity index (χ4v) is 4.11. The van der Waals surface area contributed by atoms with Crippen LogP contribution in [-0.2, 0) is 22.8 Å². The third-order valence-electron chi connectivity index (χ3n) is 4.87. The summed E-state index contributed by atoms with van der Waals surface area (Å²) in [5.41, 5.74) is -0.289. The van der Waals surface area contributed by atoms with Crippen molar-refractivity contribution in [2.45, 2.75) is 77.9 Å². The van der Waals surface area contributed by atoms with E-state index in [0.717, 1.165) is 0 Å². The van der Waals surface area contributed by atoms with Gasteiger partial charge in [0.05, 0.1) is 12.6 Å². The molecular formula is C19H35BrN4O5Si. The molecule has 0 saturated heterocycles. The highest BCUT2D eigenvalue weighted by molar-refractivity contribution is 9.10. The second-order valence-electron chi connectivity index (χ2n) is 9.74. The van der Waals surface area contributed by atoms with Crippen LogP contribution in [0.4, 0.5) is 9.59 Å². The largest absolute Gasteiger partial charge is 0.465 e. The zero-order valence-electron chi connectivity index (χ0n) is 19.4. The van der Waals surface area contributed by atoms with E-state index < -0.39 is 32.2 Å². The molecule has 1 unspecified atom stereocenters. The molecule has 172 valence electrons. The molecule has 1 aromatic rings. The molecule has 1 atom stereocenters. The average Bonchev–Trinajstić information content (AvgIpc) is 2.77. The van der Waals surface area contributed by atoms with Crippen molar-refractivity contribution in [2.75, 3.05) is 6.54 Å². The standard InChI is InChI=1S/C19H35BrN4O5Si/c1-18(2,3)28-17(27)22-15-23(7)14(20)12-24(15)11-13(10-21-16(25)26)29-30(8,9)19(4,5)6/h12-13,21H,10-11H2,1-9H3,(H,25,26)/b22-15-. The topological polar surface area (TPSA) is 107 Å². The lowest BCUT2D eigenvalue weighted by Crippen LogP contribution is -2.49. The summed E-state index contributed by atoms with van der Waals surface area (Å²) in [6.45, 7) is 16.3. The summed E-state index contributed by atoms with van der Waals surface area (Å²) in [5.74, 6) is 0. The SMILES string of the molecule is Cn1c(Br)cn(CC(CNC(=O)O)O[Si](C)(C)C(C)(C)C)/c1=N\C(=O)OC(C)(C)C. The molecule has 11 heteroatoms. The molecule has 1 heterocycles. The summed E-state index contributed by atoms with van der Waals surface area (Å²) in [7, 11) is -0.402. The number of nitrogens with one attached hydrogen (secondary N) is 1. The van der Waals surface area contributed by atoms with Crippen LogP contribution in [-0.4, -0.2) is 53.0 Å². The molecule has 0 radical (unpaired) electrons. The first kappa shape index (κ1) is 26.4. The number of hydrogen-bond acceptors (Lipinski definition) is 4. The predicted octanol–water partition coefficient (Wildman–Crippen LogP) is 4.08. The smallest absolute Gasteiger partial charge is 0.437 e. The van der Waals surface area contributed by atoms with Crippen molar-refractivity contribution in [1.29, 1.82) is 0 Å². The molecule has 1 aromatic heterocycles. The second-order valence-corrected chi connectivity index (χ2v) is 15.3. The molecule has 0 fully saturated rings. The van der Waals surface area contributed by atoms with E-state index in [2.05, 4.69) is 60.1 Å². The van der Waals surface area contributed by atoms with E-state index in [4.69, 9.17) is 14.3 Å². The monoisotopic (exact) mass is 506 g/mol. The lowest BCUT2D eigenvalue weighted by atomic mass is 10.2. The molecule has 2 amide bonds. The van der Waals surface area contributed by atoms with Gasteiger partial charge in [-0.3, -0.25) is 0 Å². The number of aromatic nitrogens is 2. The van der Waals surface area contributed by atoms with Gasteiger partial charge in [-0.05, 0) is 54.8 Å². The van der Waals surface area contributed by atoms with Crippen molar-refractivity contribution in [1.82, 2.24) is 14.5 Å². The molecule has 30 heavy (non-hydrogen) atoms. The number of nitrogens with zero attached hydrogens (tertiary/aromatic N) is 3. The number of carboxylic acid groups (broad SMARTS) is 1. The minimum atomic E-state index is -2.17. The summed E-state index contributed by atoms with van der Waals surface area (Å²) in [6.07, 6.45) is -0.465. The average molecular weight is 508 g/mol. The van der Waals surface area contributed by atoms with E-state index in [1.165, 1.54) is 0 Å². The quantitative estimate of drug-likeness (QED) is 0.565. The first-order chi connectivity index (χ1) is 13.4. The van der Waals surface area contributed by atoms with Gasteiger partial charge in [0.25, 0.3) is 0 Å². The molecule has 2 N–H and O–H groups in total. The van der Waals surface area contributed by atoms with Crippen LogP contribution in [0.2, 0.25) is 18.1 Å². The highest BCUT2D eigenvalue weighted by Gasteiger charge is 2.39. The first-order valence-electron chi connectivity index (χ1n) is 9.77. The van der Waals surface area contributed by atoms with Gasteiger partial charge < -0.3 is 28.7 Å². The molecule has 0 aliphatic heterocycles. The van der Waals surface area contributed by atoms with E-state index in [-0.39, 0.29) is 11.6 Å². The number of carbonyl (C=O) groups is 2. The number of halogens is 1. The van der Waals surface area contributed by atoms with Gasteiger partial charge >= 0.3 is 12.2 Å². The Morgan fingerprint density at radius 2 is 1.83 bits per heavy atom. The fourth-order valence-electron chi connectivity index (χ4n) is 2.36. The molecular weight excluding hydrogens is 472 g/mol. The van der Waals surface area contributed by atoms with Crippen molar-refractivity contribution in [3.8, 4) is 0 Å². The Labute approximate surface area is 187 Å². The zero-order chi connectivity index (χ0) is 23.5. The Morgan fingerprint density at radius 3 is 2.30 bits per heavy atom. The van der Waals surface area contributed by atoms with Crippen LogP contribution in [0.5, 0.6) is 0 Å². The molecule has 0 bridgehead atoms. The third-order valence-corrected chi connectivity index (χ3v) is 10.1. The van der Waals surface area contributed by atoms with E-state index >= 15 is 0 Å². The number of hydrogen-bond donors (Lipinski definition) is 2. The van der Waals surface area contributed by atoms with Gasteiger partial charge in [-0.1, -0.05) is 20.8 Å². The Morgan fingerprint density at radius 1 is 1.27 bits per heavy atom. The molecule has 0 saturated carbocycles. The predicted molar refractivity (Wildman–Crippen MR) is 121 cm³/mol. The van der Waals surface area contributed by atoms with Crippen LogP contribution < -0.4 is 10.9 Å². The van der Waals surface area contributed by atoms with E-state index in [0.29, 0.717) is 16.8 Å². The van der Waals surface area contributed by atoms with Crippen molar-refractivity contribution < 1.29 is 23.9 Å². The highest BCUT2D eigenvalue weighted by atomic mass is 79.9. The summed E-state index contributed by atoms with van der Waals surface area (Å²) in [5, 5.41) is 11.4. The molecule has 9 nitrogen and oxygen atoms in total. The van der Waals surface area contributed by atoms with Crippen LogP contribution in [0.15, 0.2) is 15.8 Å². The zero-order valence-corrected chi connectivity index (χ0v) is 22.0. The summed E-state index contributed by atoms with van der Waals surface area (Å²) < 4.78 is 15.9. The van der Waals surface area contributed by atoms with E-state index in [1.807, 2.05) is 0 Å². The van der Waals surface area contributed by atoms with Gasteiger partial charge in [-0.2, -0.15) is 0 Å². The molecule has 0 spiro atoms. The van der Waals surface area contributed by atoms with Crippen LogP contribution in [0, 0.1) is 0 Å². The normalized spacial score (nSPS) is 14.5.